The van der Waals surface area contributed by atoms with Crippen molar-refractivity contribution >= 4 is 68.1 Å². The summed E-state index contributed by atoms with van der Waals surface area (Å²) in [6, 6.07) is 14.2. The standard InChI is InChI=1S/C26H18BrCl2NO6S/c1-33-22-7-14(6-17(27)24(22)34-12-15-4-2-3-5-18(15)28)8-23-25(31)30(26(32)37-23)11-16-9-20-21(10-19(16)29)36-13-35-20/h2-10H,11-13H2,1H3/b23-8+. The van der Waals surface area contributed by atoms with Crippen molar-refractivity contribution in [3.05, 3.63) is 84.6 Å². The van der Waals surface area contributed by atoms with Gasteiger partial charge < -0.3 is 18.9 Å². The van der Waals surface area contributed by atoms with E-state index in [1.54, 1.807) is 36.4 Å². The van der Waals surface area contributed by atoms with Gasteiger partial charge in [-0.1, -0.05) is 41.4 Å². The van der Waals surface area contributed by atoms with Gasteiger partial charge in [-0.3, -0.25) is 14.5 Å². The molecule has 2 amide bonds. The second-order valence-corrected chi connectivity index (χ2v) is 10.6. The highest BCUT2D eigenvalue weighted by Gasteiger charge is 2.36. The molecule has 3 aromatic carbocycles. The molecule has 0 atom stereocenters. The minimum absolute atomic E-state index is 0.0132. The maximum atomic E-state index is 13.1. The van der Waals surface area contributed by atoms with Gasteiger partial charge in [0.2, 0.25) is 6.79 Å². The van der Waals surface area contributed by atoms with Crippen molar-refractivity contribution in [2.24, 2.45) is 0 Å². The summed E-state index contributed by atoms with van der Waals surface area (Å²) in [5.41, 5.74) is 2.07. The average molecular weight is 623 g/mol. The molecular weight excluding hydrogens is 605 g/mol. The zero-order chi connectivity index (χ0) is 26.1. The van der Waals surface area contributed by atoms with Crippen LogP contribution in [0.4, 0.5) is 4.79 Å². The number of carbonyl (C=O) groups is 2. The Balaban J connectivity index is 1.35. The number of hydrogen-bond donors (Lipinski definition) is 0. The summed E-state index contributed by atoms with van der Waals surface area (Å²) in [6.07, 6.45) is 1.64. The molecule has 1 saturated heterocycles. The van der Waals surface area contributed by atoms with E-state index in [1.807, 2.05) is 18.2 Å². The Morgan fingerprint density at radius 2 is 1.81 bits per heavy atom. The summed E-state index contributed by atoms with van der Waals surface area (Å²) in [4.78, 5) is 27.2. The van der Waals surface area contributed by atoms with E-state index in [-0.39, 0.29) is 24.8 Å². The van der Waals surface area contributed by atoms with Gasteiger partial charge in [-0.05, 0) is 69.2 Å². The third-order valence-electron chi connectivity index (χ3n) is 5.62. The van der Waals surface area contributed by atoms with Crippen LogP contribution >= 0.6 is 50.9 Å². The number of carbonyl (C=O) groups excluding carboxylic acids is 2. The first-order valence-electron chi connectivity index (χ1n) is 10.9. The summed E-state index contributed by atoms with van der Waals surface area (Å²) in [5, 5.41) is 0.594. The predicted octanol–water partition coefficient (Wildman–Crippen LogP) is 7.31. The van der Waals surface area contributed by atoms with E-state index in [4.69, 9.17) is 42.1 Å². The lowest BCUT2D eigenvalue weighted by Crippen LogP contribution is -2.27. The van der Waals surface area contributed by atoms with Crippen LogP contribution in [0.1, 0.15) is 16.7 Å². The smallest absolute Gasteiger partial charge is 0.293 e. The number of rotatable bonds is 7. The fourth-order valence-electron chi connectivity index (χ4n) is 3.77. The molecule has 2 heterocycles. The van der Waals surface area contributed by atoms with Crippen LogP contribution in [-0.4, -0.2) is 29.9 Å². The maximum absolute atomic E-state index is 13.1. The van der Waals surface area contributed by atoms with E-state index in [0.717, 1.165) is 22.2 Å². The second kappa shape index (κ2) is 10.9. The molecule has 190 valence electrons. The molecular formula is C26H18BrCl2NO6S. The van der Waals surface area contributed by atoms with Crippen molar-refractivity contribution in [3.63, 3.8) is 0 Å². The lowest BCUT2D eigenvalue weighted by molar-refractivity contribution is -0.123. The summed E-state index contributed by atoms with van der Waals surface area (Å²) < 4.78 is 22.8. The van der Waals surface area contributed by atoms with Crippen molar-refractivity contribution in [2.45, 2.75) is 13.2 Å². The third-order valence-corrected chi connectivity index (χ3v) is 7.84. The minimum atomic E-state index is -0.419. The Morgan fingerprint density at radius 1 is 1.05 bits per heavy atom. The highest BCUT2D eigenvalue weighted by molar-refractivity contribution is 9.10. The monoisotopic (exact) mass is 621 g/mol. The minimum Gasteiger partial charge on any atom is -0.493 e. The molecule has 0 saturated carbocycles. The molecule has 0 unspecified atom stereocenters. The van der Waals surface area contributed by atoms with Crippen LogP contribution in [-0.2, 0) is 17.9 Å². The molecule has 0 aromatic heterocycles. The van der Waals surface area contributed by atoms with Crippen molar-refractivity contribution in [1.82, 2.24) is 4.90 Å². The van der Waals surface area contributed by atoms with E-state index in [0.29, 0.717) is 48.6 Å². The number of thioether (sulfide) groups is 1. The first-order chi connectivity index (χ1) is 17.8. The molecule has 2 aliphatic rings. The highest BCUT2D eigenvalue weighted by atomic mass is 79.9. The van der Waals surface area contributed by atoms with E-state index < -0.39 is 11.1 Å². The van der Waals surface area contributed by atoms with Gasteiger partial charge in [0.25, 0.3) is 11.1 Å². The number of fused-ring (bicyclic) bond motifs is 1. The summed E-state index contributed by atoms with van der Waals surface area (Å²) >= 11 is 17.0. The summed E-state index contributed by atoms with van der Waals surface area (Å²) in [7, 11) is 1.52. The molecule has 0 bridgehead atoms. The van der Waals surface area contributed by atoms with Gasteiger partial charge in [-0.2, -0.15) is 0 Å². The largest absolute Gasteiger partial charge is 0.493 e. The normalized spacial score (nSPS) is 15.6. The van der Waals surface area contributed by atoms with Crippen LogP contribution in [0.2, 0.25) is 10.0 Å². The van der Waals surface area contributed by atoms with Gasteiger partial charge >= 0.3 is 0 Å². The molecule has 11 heteroatoms. The topological polar surface area (TPSA) is 74.3 Å². The van der Waals surface area contributed by atoms with Gasteiger partial charge in [0.05, 0.1) is 23.0 Å². The van der Waals surface area contributed by atoms with Crippen molar-refractivity contribution in [3.8, 4) is 23.0 Å². The van der Waals surface area contributed by atoms with Crippen LogP contribution in [0, 0.1) is 0 Å². The molecule has 37 heavy (non-hydrogen) atoms. The quantitative estimate of drug-likeness (QED) is 0.256. The van der Waals surface area contributed by atoms with Crippen LogP contribution < -0.4 is 18.9 Å². The SMILES string of the molecule is COc1cc(/C=C2/SC(=O)N(Cc3cc4c(cc3Cl)OCO4)C2=O)cc(Br)c1OCc1ccccc1Cl. The Morgan fingerprint density at radius 3 is 2.57 bits per heavy atom. The first kappa shape index (κ1) is 25.8. The van der Waals surface area contributed by atoms with Crippen LogP contribution in [0.15, 0.2) is 57.9 Å². The Bertz CT molecular complexity index is 1450. The highest BCUT2D eigenvalue weighted by Crippen LogP contribution is 2.41. The third kappa shape index (κ3) is 5.40. The van der Waals surface area contributed by atoms with E-state index in [2.05, 4.69) is 15.9 Å². The van der Waals surface area contributed by atoms with Gasteiger partial charge in [0, 0.05) is 21.7 Å². The molecule has 3 aromatic rings. The number of hydrogen-bond acceptors (Lipinski definition) is 7. The summed E-state index contributed by atoms with van der Waals surface area (Å²) in [5.74, 6) is 1.58. The zero-order valence-electron chi connectivity index (χ0n) is 19.3. The molecule has 0 spiro atoms. The van der Waals surface area contributed by atoms with Gasteiger partial charge in [0.1, 0.15) is 6.61 Å². The number of imide groups is 1. The molecule has 1 fully saturated rings. The second-order valence-electron chi connectivity index (χ2n) is 7.98. The number of methoxy groups -OCH3 is 1. The molecule has 0 N–H and O–H groups in total. The lowest BCUT2D eigenvalue weighted by atomic mass is 10.1. The lowest BCUT2D eigenvalue weighted by Gasteiger charge is -2.15. The Labute approximate surface area is 235 Å². The van der Waals surface area contributed by atoms with E-state index >= 15 is 0 Å². The zero-order valence-corrected chi connectivity index (χ0v) is 23.2. The summed E-state index contributed by atoms with van der Waals surface area (Å²) in [6.45, 7) is 0.358. The van der Waals surface area contributed by atoms with Crippen LogP contribution in [0.5, 0.6) is 23.0 Å². The average Bonchev–Trinajstić information content (AvgIpc) is 3.43. The Hall–Kier alpha value is -2.85. The van der Waals surface area contributed by atoms with Gasteiger partial charge in [0.15, 0.2) is 23.0 Å². The van der Waals surface area contributed by atoms with Crippen LogP contribution in [0.25, 0.3) is 6.08 Å². The molecule has 5 rings (SSSR count). The Kier molecular flexibility index (Phi) is 7.57. The molecule has 2 aliphatic heterocycles. The fraction of sp³-hybridized carbons (Fsp3) is 0.154. The van der Waals surface area contributed by atoms with Crippen molar-refractivity contribution < 1.29 is 28.5 Å². The number of benzene rings is 3. The van der Waals surface area contributed by atoms with Crippen molar-refractivity contribution in [1.29, 1.82) is 0 Å². The van der Waals surface area contributed by atoms with Gasteiger partial charge in [-0.15, -0.1) is 0 Å². The molecule has 7 nitrogen and oxygen atoms in total. The predicted molar refractivity (Wildman–Crippen MR) is 146 cm³/mol. The van der Waals surface area contributed by atoms with E-state index in [1.165, 1.54) is 7.11 Å². The number of amides is 2. The fourth-order valence-corrected chi connectivity index (χ4v) is 5.58. The molecule has 0 aliphatic carbocycles. The molecule has 0 radical (unpaired) electrons. The van der Waals surface area contributed by atoms with E-state index in [9.17, 15) is 9.59 Å². The van der Waals surface area contributed by atoms with Crippen molar-refractivity contribution in [2.75, 3.05) is 13.9 Å². The number of ether oxygens (including phenoxy) is 4. The maximum Gasteiger partial charge on any atom is 0.293 e. The number of halogens is 3. The van der Waals surface area contributed by atoms with Gasteiger partial charge in [-0.25, -0.2) is 0 Å². The van der Waals surface area contributed by atoms with Crippen LogP contribution in [0.3, 0.4) is 0 Å². The number of nitrogens with zero attached hydrogens (tertiary/aromatic N) is 1. The first-order valence-corrected chi connectivity index (χ1v) is 13.3.